The number of hydrogen-bond donors (Lipinski definition) is 2. The highest BCUT2D eigenvalue weighted by molar-refractivity contribution is 5.74. The monoisotopic (exact) mass is 278 g/mol. The molecule has 2 N–H and O–H groups in total. The number of aromatic amines is 1. The fourth-order valence-electron chi connectivity index (χ4n) is 2.49. The minimum atomic E-state index is 0.261. The number of nitrogens with one attached hydrogen (secondary N) is 1. The van der Waals surface area contributed by atoms with Crippen molar-refractivity contribution in [2.45, 2.75) is 20.8 Å². The summed E-state index contributed by atoms with van der Waals surface area (Å²) in [5, 5.41) is 17.4. The van der Waals surface area contributed by atoms with Crippen molar-refractivity contribution in [3.05, 3.63) is 59.2 Å². The van der Waals surface area contributed by atoms with Crippen LogP contribution in [0.2, 0.25) is 0 Å². The van der Waals surface area contributed by atoms with E-state index in [2.05, 4.69) is 36.2 Å². The van der Waals surface area contributed by atoms with E-state index >= 15 is 0 Å². The van der Waals surface area contributed by atoms with E-state index in [1.807, 2.05) is 31.2 Å². The molecule has 3 rings (SSSR count). The summed E-state index contributed by atoms with van der Waals surface area (Å²) in [5.74, 6) is 0.261. The van der Waals surface area contributed by atoms with Crippen molar-refractivity contribution in [2.24, 2.45) is 0 Å². The van der Waals surface area contributed by atoms with Crippen molar-refractivity contribution in [2.75, 3.05) is 0 Å². The summed E-state index contributed by atoms with van der Waals surface area (Å²) in [6, 6.07) is 13.7. The fraction of sp³-hybridized carbons (Fsp3) is 0.167. The minimum Gasteiger partial charge on any atom is -0.507 e. The van der Waals surface area contributed by atoms with Crippen molar-refractivity contribution in [3.8, 4) is 28.3 Å². The second-order valence-electron chi connectivity index (χ2n) is 5.43. The maximum Gasteiger partial charge on any atom is 0.124 e. The number of nitrogens with zero attached hydrogens (tertiary/aromatic N) is 1. The van der Waals surface area contributed by atoms with E-state index in [-0.39, 0.29) is 5.75 Å². The Hall–Kier alpha value is -2.55. The van der Waals surface area contributed by atoms with E-state index < -0.39 is 0 Å². The van der Waals surface area contributed by atoms with Gasteiger partial charge in [0.1, 0.15) is 5.75 Å². The zero-order valence-electron chi connectivity index (χ0n) is 12.4. The lowest BCUT2D eigenvalue weighted by Crippen LogP contribution is -1.86. The summed E-state index contributed by atoms with van der Waals surface area (Å²) >= 11 is 0. The molecule has 1 heterocycles. The molecule has 0 aliphatic carbocycles. The maximum atomic E-state index is 10.0. The molecule has 0 fully saturated rings. The van der Waals surface area contributed by atoms with Gasteiger partial charge in [0.25, 0.3) is 0 Å². The lowest BCUT2D eigenvalue weighted by molar-refractivity contribution is 0.477. The van der Waals surface area contributed by atoms with Crippen molar-refractivity contribution in [1.29, 1.82) is 0 Å². The van der Waals surface area contributed by atoms with E-state index in [1.54, 1.807) is 6.07 Å². The predicted octanol–water partition coefficient (Wildman–Crippen LogP) is 4.37. The normalized spacial score (nSPS) is 10.8. The van der Waals surface area contributed by atoms with Gasteiger partial charge in [0.15, 0.2) is 0 Å². The van der Waals surface area contributed by atoms with Crippen LogP contribution >= 0.6 is 0 Å². The molecule has 0 saturated carbocycles. The first-order valence-corrected chi connectivity index (χ1v) is 6.98. The van der Waals surface area contributed by atoms with Crippen molar-refractivity contribution in [3.63, 3.8) is 0 Å². The Morgan fingerprint density at radius 1 is 0.952 bits per heavy atom. The number of aromatic nitrogens is 2. The first-order chi connectivity index (χ1) is 10.1. The van der Waals surface area contributed by atoms with Gasteiger partial charge >= 0.3 is 0 Å². The Kier molecular flexibility index (Phi) is 3.26. The second kappa shape index (κ2) is 5.09. The van der Waals surface area contributed by atoms with Crippen molar-refractivity contribution >= 4 is 0 Å². The molecule has 0 amide bonds. The van der Waals surface area contributed by atoms with Crippen LogP contribution in [-0.4, -0.2) is 15.3 Å². The smallest absolute Gasteiger partial charge is 0.124 e. The second-order valence-corrected chi connectivity index (χ2v) is 5.43. The van der Waals surface area contributed by atoms with E-state index in [9.17, 15) is 5.11 Å². The van der Waals surface area contributed by atoms with Crippen LogP contribution in [0.15, 0.2) is 42.5 Å². The molecule has 0 radical (unpaired) electrons. The third-order valence-electron chi connectivity index (χ3n) is 3.90. The van der Waals surface area contributed by atoms with Gasteiger partial charge < -0.3 is 5.11 Å². The van der Waals surface area contributed by atoms with Crippen molar-refractivity contribution in [1.82, 2.24) is 10.2 Å². The molecule has 0 bridgehead atoms. The Bertz CT molecular complexity index is 786. The Balaban J connectivity index is 2.08. The van der Waals surface area contributed by atoms with Crippen LogP contribution in [0.4, 0.5) is 0 Å². The number of aryl methyl sites for hydroxylation is 2. The summed E-state index contributed by atoms with van der Waals surface area (Å²) in [4.78, 5) is 0. The first-order valence-electron chi connectivity index (χ1n) is 6.98. The molecule has 106 valence electrons. The van der Waals surface area contributed by atoms with Gasteiger partial charge in [0, 0.05) is 11.1 Å². The highest BCUT2D eigenvalue weighted by atomic mass is 16.3. The molecule has 0 spiro atoms. The molecule has 0 atom stereocenters. The average Bonchev–Trinajstić information content (AvgIpc) is 2.94. The summed E-state index contributed by atoms with van der Waals surface area (Å²) in [6.45, 7) is 6.20. The highest BCUT2D eigenvalue weighted by Crippen LogP contribution is 2.32. The number of aromatic hydroxyl groups is 1. The number of rotatable bonds is 2. The van der Waals surface area contributed by atoms with Crippen LogP contribution in [0, 0.1) is 20.8 Å². The molecular weight excluding hydrogens is 260 g/mol. The summed E-state index contributed by atoms with van der Waals surface area (Å²) in [7, 11) is 0. The molecule has 0 saturated heterocycles. The van der Waals surface area contributed by atoms with Gasteiger partial charge in [-0.1, -0.05) is 29.8 Å². The van der Waals surface area contributed by atoms with Crippen LogP contribution in [0.5, 0.6) is 5.75 Å². The van der Waals surface area contributed by atoms with E-state index in [1.165, 1.54) is 11.1 Å². The Labute approximate surface area is 124 Å². The summed E-state index contributed by atoms with van der Waals surface area (Å²) < 4.78 is 0. The molecule has 0 aliphatic rings. The Morgan fingerprint density at radius 3 is 2.57 bits per heavy atom. The number of benzene rings is 2. The molecule has 21 heavy (non-hydrogen) atoms. The number of phenolic OH excluding ortho intramolecular Hbond substituents is 1. The lowest BCUT2D eigenvalue weighted by atomic mass is 10.00. The standard InChI is InChI=1S/C18H18N2O/c1-11-7-8-18(21)15(9-11)17-10-16(19-20-17)14-6-4-5-12(2)13(14)3/h4-10,21H,1-3H3,(H,19,20). The molecular formula is C18H18N2O. The number of phenols is 1. The molecule has 0 unspecified atom stereocenters. The van der Waals surface area contributed by atoms with Crippen LogP contribution in [0.25, 0.3) is 22.5 Å². The largest absolute Gasteiger partial charge is 0.507 e. The van der Waals surface area contributed by atoms with Gasteiger partial charge in [0.05, 0.1) is 11.4 Å². The van der Waals surface area contributed by atoms with E-state index in [4.69, 9.17) is 0 Å². The molecule has 3 nitrogen and oxygen atoms in total. The first kappa shape index (κ1) is 13.4. The summed E-state index contributed by atoms with van der Waals surface area (Å²) in [5.41, 5.74) is 7.19. The van der Waals surface area contributed by atoms with E-state index in [0.29, 0.717) is 0 Å². The van der Waals surface area contributed by atoms with Crippen LogP contribution in [0.3, 0.4) is 0 Å². The van der Waals surface area contributed by atoms with Crippen LogP contribution in [-0.2, 0) is 0 Å². The number of hydrogen-bond acceptors (Lipinski definition) is 2. The Morgan fingerprint density at radius 2 is 1.76 bits per heavy atom. The fourth-order valence-corrected chi connectivity index (χ4v) is 2.49. The van der Waals surface area contributed by atoms with Gasteiger partial charge in [0.2, 0.25) is 0 Å². The third-order valence-corrected chi connectivity index (χ3v) is 3.90. The molecule has 3 heteroatoms. The number of H-pyrrole nitrogens is 1. The van der Waals surface area contributed by atoms with Crippen LogP contribution < -0.4 is 0 Å². The van der Waals surface area contributed by atoms with Gasteiger partial charge in [-0.15, -0.1) is 0 Å². The molecule has 3 aromatic rings. The van der Waals surface area contributed by atoms with Gasteiger partial charge in [-0.2, -0.15) is 5.10 Å². The van der Waals surface area contributed by atoms with Gasteiger partial charge in [-0.25, -0.2) is 0 Å². The van der Waals surface area contributed by atoms with Crippen LogP contribution in [0.1, 0.15) is 16.7 Å². The van der Waals surface area contributed by atoms with Crippen molar-refractivity contribution < 1.29 is 5.11 Å². The highest BCUT2D eigenvalue weighted by Gasteiger charge is 2.11. The minimum absolute atomic E-state index is 0.261. The maximum absolute atomic E-state index is 10.0. The quantitative estimate of drug-likeness (QED) is 0.731. The zero-order valence-corrected chi connectivity index (χ0v) is 12.4. The van der Waals surface area contributed by atoms with Gasteiger partial charge in [-0.05, 0) is 50.1 Å². The lowest BCUT2D eigenvalue weighted by Gasteiger charge is -2.05. The summed E-state index contributed by atoms with van der Waals surface area (Å²) in [6.07, 6.45) is 0. The molecule has 2 aromatic carbocycles. The van der Waals surface area contributed by atoms with E-state index in [0.717, 1.165) is 28.1 Å². The predicted molar refractivity (Wildman–Crippen MR) is 85.3 cm³/mol. The third kappa shape index (κ3) is 2.42. The zero-order chi connectivity index (χ0) is 15.0. The molecule has 0 aliphatic heterocycles. The SMILES string of the molecule is Cc1ccc(O)c(-c2cc(-c3cccc(C)c3C)n[nH]2)c1. The average molecular weight is 278 g/mol. The topological polar surface area (TPSA) is 48.9 Å². The molecule has 1 aromatic heterocycles. The van der Waals surface area contributed by atoms with Gasteiger partial charge in [-0.3, -0.25) is 5.10 Å².